The molecule has 0 saturated heterocycles. The van der Waals surface area contributed by atoms with Crippen LogP contribution in [0.1, 0.15) is 17.3 Å². The van der Waals surface area contributed by atoms with Gasteiger partial charge in [-0.15, -0.1) is 0 Å². The van der Waals surface area contributed by atoms with Crippen LogP contribution >= 0.6 is 0 Å². The summed E-state index contributed by atoms with van der Waals surface area (Å²) >= 11 is 0. The Morgan fingerprint density at radius 2 is 1.71 bits per heavy atom. The predicted molar refractivity (Wildman–Crippen MR) is 83.3 cm³/mol. The Morgan fingerprint density at radius 1 is 1.10 bits per heavy atom. The number of hydrogen-bond donors (Lipinski definition) is 0. The van der Waals surface area contributed by atoms with E-state index in [-0.39, 0.29) is 5.97 Å². The first-order valence-electron chi connectivity index (χ1n) is 6.57. The van der Waals surface area contributed by atoms with E-state index in [1.54, 1.807) is 49.6 Å². The van der Waals surface area contributed by atoms with Crippen LogP contribution in [0.5, 0.6) is 0 Å². The molecule has 5 heteroatoms. The topological polar surface area (TPSA) is 55.7 Å². The highest BCUT2D eigenvalue weighted by molar-refractivity contribution is 7.93. The smallest absolute Gasteiger partial charge is 0.338 e. The molecule has 0 N–H and O–H groups in total. The van der Waals surface area contributed by atoms with Crippen molar-refractivity contribution >= 4 is 21.4 Å². The summed E-state index contributed by atoms with van der Waals surface area (Å²) in [5, 5.41) is 0. The SMILES string of the molecule is CCOC(=O)c1ccc(N=S(C)(=O)c2ccccc2)cc1. The van der Waals surface area contributed by atoms with Gasteiger partial charge in [-0.3, -0.25) is 0 Å². The van der Waals surface area contributed by atoms with Crippen LogP contribution in [0.25, 0.3) is 0 Å². The molecule has 1 atom stereocenters. The van der Waals surface area contributed by atoms with Crippen LogP contribution in [0.15, 0.2) is 63.9 Å². The van der Waals surface area contributed by atoms with E-state index < -0.39 is 9.73 Å². The molecule has 4 nitrogen and oxygen atoms in total. The molecule has 0 radical (unpaired) electrons. The highest BCUT2D eigenvalue weighted by atomic mass is 32.2. The van der Waals surface area contributed by atoms with Gasteiger partial charge >= 0.3 is 5.97 Å². The maximum atomic E-state index is 12.6. The average Bonchev–Trinajstić information content (AvgIpc) is 2.49. The van der Waals surface area contributed by atoms with Crippen molar-refractivity contribution in [2.75, 3.05) is 12.9 Å². The Labute approximate surface area is 125 Å². The van der Waals surface area contributed by atoms with Crippen molar-refractivity contribution in [3.05, 3.63) is 60.2 Å². The summed E-state index contributed by atoms with van der Waals surface area (Å²) in [6.45, 7) is 2.09. The lowest BCUT2D eigenvalue weighted by Crippen LogP contribution is -2.03. The molecule has 1 unspecified atom stereocenters. The van der Waals surface area contributed by atoms with E-state index in [1.807, 2.05) is 18.2 Å². The molecular formula is C16H17NO3S. The molecule has 110 valence electrons. The zero-order chi connectivity index (χ0) is 15.3. The van der Waals surface area contributed by atoms with Crippen molar-refractivity contribution in [1.29, 1.82) is 0 Å². The lowest BCUT2D eigenvalue weighted by Gasteiger charge is -2.05. The standard InChI is InChI=1S/C16H17NO3S/c1-3-20-16(18)13-9-11-14(12-10-13)17-21(2,19)15-7-5-4-6-8-15/h4-12H,3H2,1-2H3. The predicted octanol–water partition coefficient (Wildman–Crippen LogP) is 3.65. The molecule has 2 aromatic carbocycles. The van der Waals surface area contributed by atoms with Crippen LogP contribution in [-0.4, -0.2) is 23.0 Å². The first-order chi connectivity index (χ1) is 10.0. The lowest BCUT2D eigenvalue weighted by atomic mass is 10.2. The minimum atomic E-state index is -2.50. The van der Waals surface area contributed by atoms with Gasteiger partial charge in [-0.05, 0) is 43.3 Å². The monoisotopic (exact) mass is 303 g/mol. The van der Waals surface area contributed by atoms with Gasteiger partial charge in [0, 0.05) is 11.2 Å². The Balaban J connectivity index is 2.29. The molecule has 21 heavy (non-hydrogen) atoms. The van der Waals surface area contributed by atoms with E-state index in [9.17, 15) is 9.00 Å². The summed E-state index contributed by atoms with van der Waals surface area (Å²) in [5.74, 6) is -0.371. The summed E-state index contributed by atoms with van der Waals surface area (Å²) in [4.78, 5) is 12.2. The Kier molecular flexibility index (Phi) is 4.75. The molecule has 2 aromatic rings. The van der Waals surface area contributed by atoms with Crippen molar-refractivity contribution in [3.63, 3.8) is 0 Å². The number of carbonyl (C=O) groups excluding carboxylic acids is 1. The lowest BCUT2D eigenvalue weighted by molar-refractivity contribution is 0.0526. The van der Waals surface area contributed by atoms with Crippen LogP contribution < -0.4 is 0 Å². The van der Waals surface area contributed by atoms with Crippen molar-refractivity contribution in [1.82, 2.24) is 0 Å². The second kappa shape index (κ2) is 6.54. The average molecular weight is 303 g/mol. The molecule has 0 fully saturated rings. The zero-order valence-corrected chi connectivity index (χ0v) is 12.8. The third-order valence-electron chi connectivity index (χ3n) is 2.84. The van der Waals surface area contributed by atoms with Gasteiger partial charge < -0.3 is 4.74 Å². The maximum absolute atomic E-state index is 12.6. The van der Waals surface area contributed by atoms with Gasteiger partial charge in [-0.2, -0.15) is 4.36 Å². The third kappa shape index (κ3) is 3.92. The molecule has 0 heterocycles. The van der Waals surface area contributed by atoms with E-state index in [1.165, 1.54) is 0 Å². The molecule has 0 aromatic heterocycles. The zero-order valence-electron chi connectivity index (χ0n) is 12.0. The van der Waals surface area contributed by atoms with Crippen LogP contribution in [0.2, 0.25) is 0 Å². The summed E-state index contributed by atoms with van der Waals surface area (Å²) in [6, 6.07) is 15.7. The Bertz CT molecular complexity index is 730. The second-order valence-corrected chi connectivity index (χ2v) is 6.73. The summed E-state index contributed by atoms with van der Waals surface area (Å²) in [5.41, 5.74) is 1.03. The van der Waals surface area contributed by atoms with Crippen LogP contribution in [0.4, 0.5) is 5.69 Å². The second-order valence-electron chi connectivity index (χ2n) is 4.47. The van der Waals surface area contributed by atoms with E-state index in [4.69, 9.17) is 4.74 Å². The number of benzene rings is 2. The normalized spacial score (nSPS) is 13.2. The number of esters is 1. The molecule has 0 amide bonds. The number of ether oxygens (including phenoxy) is 1. The van der Waals surface area contributed by atoms with Crippen molar-refractivity contribution < 1.29 is 13.7 Å². The number of rotatable bonds is 4. The summed E-state index contributed by atoms with van der Waals surface area (Å²) in [7, 11) is -2.50. The van der Waals surface area contributed by atoms with Crippen LogP contribution in [-0.2, 0) is 14.5 Å². The molecule has 0 aliphatic rings. The van der Waals surface area contributed by atoms with Gasteiger partial charge in [0.2, 0.25) is 0 Å². The fraction of sp³-hybridized carbons (Fsp3) is 0.188. The maximum Gasteiger partial charge on any atom is 0.338 e. The van der Waals surface area contributed by atoms with Gasteiger partial charge in [0.1, 0.15) is 0 Å². The highest BCUT2D eigenvalue weighted by Crippen LogP contribution is 2.20. The van der Waals surface area contributed by atoms with Crippen molar-refractivity contribution in [2.24, 2.45) is 4.36 Å². The van der Waals surface area contributed by atoms with E-state index in [2.05, 4.69) is 4.36 Å². The molecule has 0 aliphatic heterocycles. The minimum absolute atomic E-state index is 0.335. The van der Waals surface area contributed by atoms with Gasteiger partial charge in [-0.25, -0.2) is 9.00 Å². The van der Waals surface area contributed by atoms with Gasteiger partial charge in [0.05, 0.1) is 27.6 Å². The number of carbonyl (C=O) groups is 1. The molecule has 0 spiro atoms. The fourth-order valence-electron chi connectivity index (χ4n) is 1.80. The molecule has 0 saturated carbocycles. The first-order valence-corrected chi connectivity index (χ1v) is 8.49. The van der Waals surface area contributed by atoms with Crippen LogP contribution in [0, 0.1) is 0 Å². The molecular weight excluding hydrogens is 286 g/mol. The third-order valence-corrected chi connectivity index (χ3v) is 4.54. The van der Waals surface area contributed by atoms with E-state index in [0.717, 1.165) is 0 Å². The van der Waals surface area contributed by atoms with Crippen LogP contribution in [0.3, 0.4) is 0 Å². The highest BCUT2D eigenvalue weighted by Gasteiger charge is 2.08. The molecule has 0 aliphatic carbocycles. The minimum Gasteiger partial charge on any atom is -0.462 e. The number of nitrogens with zero attached hydrogens (tertiary/aromatic N) is 1. The number of hydrogen-bond acceptors (Lipinski definition) is 4. The van der Waals surface area contributed by atoms with E-state index in [0.29, 0.717) is 22.8 Å². The van der Waals surface area contributed by atoms with Gasteiger partial charge in [0.15, 0.2) is 0 Å². The fourth-order valence-corrected chi connectivity index (χ4v) is 3.09. The quantitative estimate of drug-likeness (QED) is 0.810. The first kappa shape index (κ1) is 15.3. The Hall–Kier alpha value is -2.14. The van der Waals surface area contributed by atoms with Crippen molar-refractivity contribution in [3.8, 4) is 0 Å². The largest absolute Gasteiger partial charge is 0.462 e. The van der Waals surface area contributed by atoms with Crippen molar-refractivity contribution in [2.45, 2.75) is 11.8 Å². The summed E-state index contributed by atoms with van der Waals surface area (Å²) in [6.07, 6.45) is 1.60. The Morgan fingerprint density at radius 3 is 2.29 bits per heavy atom. The molecule has 0 bridgehead atoms. The summed E-state index contributed by atoms with van der Waals surface area (Å²) < 4.78 is 21.8. The van der Waals surface area contributed by atoms with Gasteiger partial charge in [0.25, 0.3) is 0 Å². The molecule has 2 rings (SSSR count). The van der Waals surface area contributed by atoms with E-state index >= 15 is 0 Å². The van der Waals surface area contributed by atoms with Gasteiger partial charge in [-0.1, -0.05) is 18.2 Å².